The van der Waals surface area contributed by atoms with Crippen LogP contribution in [0.4, 0.5) is 5.69 Å². The second-order valence-corrected chi connectivity index (χ2v) is 4.17. The number of hydrogen-bond acceptors (Lipinski definition) is 3. The van der Waals surface area contributed by atoms with Crippen molar-refractivity contribution in [3.63, 3.8) is 0 Å². The van der Waals surface area contributed by atoms with E-state index in [-0.39, 0.29) is 0 Å². The maximum Gasteiger partial charge on any atom is 0.328 e. The molecule has 0 spiro atoms. The topological polar surface area (TPSA) is 84.2 Å². The lowest BCUT2D eigenvalue weighted by molar-refractivity contribution is -0.131. The summed E-state index contributed by atoms with van der Waals surface area (Å²) in [6, 6.07) is 5.02. The first-order valence-corrected chi connectivity index (χ1v) is 5.94. The van der Waals surface area contributed by atoms with Crippen molar-refractivity contribution in [1.29, 1.82) is 0 Å². The van der Waals surface area contributed by atoms with Crippen molar-refractivity contribution >= 4 is 29.2 Å². The molecule has 0 bridgehead atoms. The molecular formula is C13H10ClN3O3. The van der Waals surface area contributed by atoms with Crippen molar-refractivity contribution in [2.24, 2.45) is 0 Å². The Labute approximate surface area is 119 Å². The summed E-state index contributed by atoms with van der Waals surface area (Å²) in [5, 5.41) is 11.5. The quantitative estimate of drug-likeness (QED) is 0.845. The average Bonchev–Trinajstić information content (AvgIpc) is 2.90. The first kappa shape index (κ1) is 13.8. The number of aromatic nitrogens is 2. The molecule has 0 saturated carbocycles. The van der Waals surface area contributed by atoms with Gasteiger partial charge in [0.2, 0.25) is 5.91 Å². The van der Waals surface area contributed by atoms with Crippen molar-refractivity contribution in [2.45, 2.75) is 0 Å². The Balaban J connectivity index is 2.31. The smallest absolute Gasteiger partial charge is 0.328 e. The molecule has 0 unspecified atom stereocenters. The van der Waals surface area contributed by atoms with Crippen molar-refractivity contribution in [1.82, 2.24) is 9.55 Å². The molecule has 1 amide bonds. The van der Waals surface area contributed by atoms with E-state index in [1.807, 2.05) is 0 Å². The van der Waals surface area contributed by atoms with E-state index in [1.165, 1.54) is 0 Å². The highest BCUT2D eigenvalue weighted by molar-refractivity contribution is 6.33. The van der Waals surface area contributed by atoms with Crippen LogP contribution in [-0.4, -0.2) is 26.5 Å². The van der Waals surface area contributed by atoms with Crippen molar-refractivity contribution in [2.75, 3.05) is 5.32 Å². The number of carbonyl (C=O) groups excluding carboxylic acids is 1. The van der Waals surface area contributed by atoms with E-state index in [0.29, 0.717) is 16.4 Å². The summed E-state index contributed by atoms with van der Waals surface area (Å²) in [7, 11) is 0. The molecule has 0 radical (unpaired) electrons. The lowest BCUT2D eigenvalue weighted by atomic mass is 10.2. The number of para-hydroxylation sites is 1. The Morgan fingerprint density at radius 2 is 2.15 bits per heavy atom. The van der Waals surface area contributed by atoms with E-state index in [0.717, 1.165) is 12.2 Å². The predicted octanol–water partition coefficient (Wildman–Crippen LogP) is 2.10. The van der Waals surface area contributed by atoms with Crippen LogP contribution in [0.25, 0.3) is 5.69 Å². The second kappa shape index (κ2) is 6.03. The van der Waals surface area contributed by atoms with Gasteiger partial charge in [-0.25, -0.2) is 9.78 Å². The molecule has 0 fully saturated rings. The molecule has 0 aliphatic heterocycles. The number of aliphatic carboxylic acids is 1. The normalized spacial score (nSPS) is 10.7. The van der Waals surface area contributed by atoms with Crippen molar-refractivity contribution < 1.29 is 14.7 Å². The monoisotopic (exact) mass is 291 g/mol. The van der Waals surface area contributed by atoms with Gasteiger partial charge in [-0.05, 0) is 12.1 Å². The van der Waals surface area contributed by atoms with Gasteiger partial charge in [0.25, 0.3) is 0 Å². The minimum absolute atomic E-state index is 0.433. The maximum absolute atomic E-state index is 11.6. The van der Waals surface area contributed by atoms with Gasteiger partial charge in [0.05, 0.1) is 22.7 Å². The van der Waals surface area contributed by atoms with E-state index < -0.39 is 11.9 Å². The molecule has 102 valence electrons. The zero-order valence-electron chi connectivity index (χ0n) is 10.2. The number of amides is 1. The van der Waals surface area contributed by atoms with Gasteiger partial charge in [-0.15, -0.1) is 0 Å². The minimum Gasteiger partial charge on any atom is -0.478 e. The number of anilines is 1. The van der Waals surface area contributed by atoms with Gasteiger partial charge in [-0.2, -0.15) is 0 Å². The Morgan fingerprint density at radius 1 is 1.35 bits per heavy atom. The predicted molar refractivity (Wildman–Crippen MR) is 74.0 cm³/mol. The van der Waals surface area contributed by atoms with Gasteiger partial charge in [0, 0.05) is 24.5 Å². The van der Waals surface area contributed by atoms with Gasteiger partial charge >= 0.3 is 5.97 Å². The second-order valence-electron chi connectivity index (χ2n) is 3.77. The summed E-state index contributed by atoms with van der Waals surface area (Å²) in [5.41, 5.74) is 1.01. The van der Waals surface area contributed by atoms with Crippen LogP contribution in [0, 0.1) is 0 Å². The third-order valence-electron chi connectivity index (χ3n) is 2.38. The number of nitrogens with zero attached hydrogens (tertiary/aromatic N) is 2. The Kier molecular flexibility index (Phi) is 4.17. The Bertz CT molecular complexity index is 666. The standard InChI is InChI=1S/C13H10ClN3O3/c14-9-2-1-3-10(13(9)17-7-6-15-8-17)16-11(18)4-5-12(19)20/h1-8H,(H,16,18)(H,19,20)/b5-4+. The average molecular weight is 292 g/mol. The van der Waals surface area contributed by atoms with Gasteiger partial charge in [0.15, 0.2) is 0 Å². The molecule has 7 heteroatoms. The molecule has 6 nitrogen and oxygen atoms in total. The van der Waals surface area contributed by atoms with E-state index in [4.69, 9.17) is 16.7 Å². The number of carboxylic acid groups (broad SMARTS) is 1. The largest absolute Gasteiger partial charge is 0.478 e. The molecule has 2 N–H and O–H groups in total. The molecule has 0 aliphatic carbocycles. The van der Waals surface area contributed by atoms with Crippen LogP contribution in [0.3, 0.4) is 0 Å². The number of carbonyl (C=O) groups is 2. The molecule has 0 saturated heterocycles. The van der Waals surface area contributed by atoms with E-state index in [2.05, 4.69) is 10.3 Å². The summed E-state index contributed by atoms with van der Waals surface area (Å²) >= 11 is 6.12. The third kappa shape index (κ3) is 3.24. The van der Waals surface area contributed by atoms with Crippen molar-refractivity contribution in [3.05, 3.63) is 54.1 Å². The van der Waals surface area contributed by atoms with Crippen LogP contribution < -0.4 is 5.32 Å². The molecule has 0 atom stereocenters. The number of nitrogens with one attached hydrogen (secondary N) is 1. The molecule has 2 rings (SSSR count). The fraction of sp³-hybridized carbons (Fsp3) is 0. The molecule has 20 heavy (non-hydrogen) atoms. The molecule has 1 aromatic carbocycles. The first-order chi connectivity index (χ1) is 9.58. The van der Waals surface area contributed by atoms with Crippen LogP contribution >= 0.6 is 11.6 Å². The summed E-state index contributed by atoms with van der Waals surface area (Å²) in [6.07, 6.45) is 6.50. The lowest BCUT2D eigenvalue weighted by Crippen LogP contribution is -2.11. The lowest BCUT2D eigenvalue weighted by Gasteiger charge is -2.12. The Hall–Kier alpha value is -2.60. The fourth-order valence-electron chi connectivity index (χ4n) is 1.59. The zero-order valence-corrected chi connectivity index (χ0v) is 10.9. The number of halogens is 1. The molecule has 1 heterocycles. The van der Waals surface area contributed by atoms with Gasteiger partial charge in [0.1, 0.15) is 0 Å². The van der Waals surface area contributed by atoms with Gasteiger partial charge in [-0.1, -0.05) is 17.7 Å². The molecule has 0 aliphatic rings. The number of rotatable bonds is 4. The van der Waals surface area contributed by atoms with Crippen LogP contribution in [0.15, 0.2) is 49.1 Å². The molecule has 1 aromatic heterocycles. The van der Waals surface area contributed by atoms with E-state index in [9.17, 15) is 9.59 Å². The highest BCUT2D eigenvalue weighted by atomic mass is 35.5. The summed E-state index contributed by atoms with van der Waals surface area (Å²) in [6.45, 7) is 0. The first-order valence-electron chi connectivity index (χ1n) is 5.57. The van der Waals surface area contributed by atoms with Crippen LogP contribution in [0.5, 0.6) is 0 Å². The highest BCUT2D eigenvalue weighted by Gasteiger charge is 2.10. The van der Waals surface area contributed by atoms with Gasteiger partial charge in [-0.3, -0.25) is 4.79 Å². The van der Waals surface area contributed by atoms with E-state index in [1.54, 1.807) is 41.5 Å². The number of imidazole rings is 1. The van der Waals surface area contributed by atoms with Gasteiger partial charge < -0.3 is 15.0 Å². The zero-order chi connectivity index (χ0) is 14.5. The Morgan fingerprint density at radius 3 is 2.80 bits per heavy atom. The van der Waals surface area contributed by atoms with Crippen LogP contribution in [-0.2, 0) is 9.59 Å². The molecule has 2 aromatic rings. The van der Waals surface area contributed by atoms with Crippen molar-refractivity contribution in [3.8, 4) is 5.69 Å². The summed E-state index contributed by atoms with van der Waals surface area (Å²) < 4.78 is 1.65. The van der Waals surface area contributed by atoms with Crippen LogP contribution in [0.1, 0.15) is 0 Å². The number of hydrogen-bond donors (Lipinski definition) is 2. The number of benzene rings is 1. The molecular weight excluding hydrogens is 282 g/mol. The number of carboxylic acids is 1. The minimum atomic E-state index is -1.19. The SMILES string of the molecule is O=C(O)/C=C/C(=O)Nc1cccc(Cl)c1-n1ccnc1. The van der Waals surface area contributed by atoms with Crippen LogP contribution in [0.2, 0.25) is 5.02 Å². The van der Waals surface area contributed by atoms with E-state index >= 15 is 0 Å². The highest BCUT2D eigenvalue weighted by Crippen LogP contribution is 2.28. The fourth-order valence-corrected chi connectivity index (χ4v) is 1.86. The maximum atomic E-state index is 11.6. The summed E-state index contributed by atoms with van der Waals surface area (Å²) in [4.78, 5) is 25.9. The summed E-state index contributed by atoms with van der Waals surface area (Å²) in [5.74, 6) is -1.75. The third-order valence-corrected chi connectivity index (χ3v) is 2.69.